The van der Waals surface area contributed by atoms with Crippen LogP contribution in [-0.2, 0) is 31.4 Å². The van der Waals surface area contributed by atoms with Gasteiger partial charge >= 0.3 is 0 Å². The molecule has 2 aromatic carbocycles. The van der Waals surface area contributed by atoms with Gasteiger partial charge in [0.15, 0.2) is 0 Å². The van der Waals surface area contributed by atoms with Crippen molar-refractivity contribution in [2.24, 2.45) is 5.92 Å². The van der Waals surface area contributed by atoms with Gasteiger partial charge in [0.2, 0.25) is 26.0 Å². The fourth-order valence-corrected chi connectivity index (χ4v) is 7.90. The summed E-state index contributed by atoms with van der Waals surface area (Å²) in [5.41, 5.74) is 0.759. The van der Waals surface area contributed by atoms with Crippen molar-refractivity contribution in [2.45, 2.75) is 42.0 Å². The van der Waals surface area contributed by atoms with E-state index in [0.717, 1.165) is 18.4 Å². The van der Waals surface area contributed by atoms with Gasteiger partial charge in [0.05, 0.1) is 25.0 Å². The van der Waals surface area contributed by atoms with Crippen molar-refractivity contribution in [3.63, 3.8) is 0 Å². The van der Waals surface area contributed by atoms with Gasteiger partial charge in [0.25, 0.3) is 0 Å². The molecule has 2 aliphatic heterocycles. The maximum atomic E-state index is 13.4. The highest BCUT2D eigenvalue weighted by molar-refractivity contribution is 7.89. The van der Waals surface area contributed by atoms with Gasteiger partial charge in [-0.3, -0.25) is 4.79 Å². The summed E-state index contributed by atoms with van der Waals surface area (Å²) in [4.78, 5) is 13.2. The molecule has 4 rings (SSSR count). The Morgan fingerprint density at radius 1 is 0.892 bits per heavy atom. The van der Waals surface area contributed by atoms with E-state index in [1.807, 2.05) is 0 Å². The van der Waals surface area contributed by atoms with E-state index in [0.29, 0.717) is 38.2 Å². The number of ether oxygens (including phenoxy) is 2. The monoisotopic (exact) mass is 551 g/mol. The third-order valence-electron chi connectivity index (χ3n) is 6.84. The average Bonchev–Trinajstić information content (AvgIpc) is 3.48. The summed E-state index contributed by atoms with van der Waals surface area (Å²) in [5, 5.41) is 2.87. The molecular weight excluding hydrogens is 518 g/mol. The fraction of sp³-hybridized carbons (Fsp3) is 0.480. The lowest BCUT2D eigenvalue weighted by Gasteiger charge is -2.31. The van der Waals surface area contributed by atoms with Crippen molar-refractivity contribution in [2.75, 3.05) is 40.4 Å². The molecule has 2 aromatic rings. The Kier molecular flexibility index (Phi) is 8.42. The number of benzene rings is 2. The molecule has 1 atom stereocenters. The standard InChI is InChI=1S/C25H33N3O7S2/c1-34-21-9-12-23(35-2)24(16-21)37(32,33)28-15-5-6-20(18-28)25(29)26-17-19-7-10-22(11-8-19)36(30,31)27-13-3-4-14-27/h7-12,16,20H,3-6,13-15,17-18H2,1-2H3,(H,26,29)/t20-/m0/s1. The molecule has 2 heterocycles. The van der Waals surface area contributed by atoms with Crippen LogP contribution < -0.4 is 14.8 Å². The highest BCUT2D eigenvalue weighted by Crippen LogP contribution is 2.32. The van der Waals surface area contributed by atoms with Crippen LogP contribution in [0.3, 0.4) is 0 Å². The zero-order valence-electron chi connectivity index (χ0n) is 21.1. The number of carbonyl (C=O) groups excluding carboxylic acids is 1. The van der Waals surface area contributed by atoms with Crippen molar-refractivity contribution in [1.29, 1.82) is 0 Å². The van der Waals surface area contributed by atoms with E-state index in [9.17, 15) is 21.6 Å². The molecule has 2 saturated heterocycles. The maximum absolute atomic E-state index is 13.4. The van der Waals surface area contributed by atoms with Gasteiger partial charge < -0.3 is 14.8 Å². The van der Waals surface area contributed by atoms with Crippen molar-refractivity contribution < 1.29 is 31.1 Å². The van der Waals surface area contributed by atoms with E-state index in [4.69, 9.17) is 9.47 Å². The first kappa shape index (κ1) is 27.4. The first-order chi connectivity index (χ1) is 17.7. The molecule has 1 N–H and O–H groups in total. The van der Waals surface area contributed by atoms with Crippen LogP contribution in [0, 0.1) is 5.92 Å². The predicted molar refractivity (Wildman–Crippen MR) is 137 cm³/mol. The second-order valence-corrected chi connectivity index (χ2v) is 13.0. The molecule has 0 unspecified atom stereocenters. The minimum absolute atomic E-state index is 0.000573. The van der Waals surface area contributed by atoms with E-state index in [2.05, 4.69) is 5.32 Å². The summed E-state index contributed by atoms with van der Waals surface area (Å²) in [5.74, 6) is -0.145. The molecule has 0 saturated carbocycles. The van der Waals surface area contributed by atoms with Crippen LogP contribution in [0.2, 0.25) is 0 Å². The molecule has 37 heavy (non-hydrogen) atoms. The Labute approximate surface area is 218 Å². The molecule has 0 spiro atoms. The molecule has 202 valence electrons. The first-order valence-electron chi connectivity index (χ1n) is 12.3. The Morgan fingerprint density at radius 2 is 1.57 bits per heavy atom. The molecule has 0 aromatic heterocycles. The quantitative estimate of drug-likeness (QED) is 0.507. The maximum Gasteiger partial charge on any atom is 0.246 e. The second kappa shape index (κ2) is 11.4. The van der Waals surface area contributed by atoms with E-state index < -0.39 is 26.0 Å². The Bertz CT molecular complexity index is 1320. The molecule has 0 aliphatic carbocycles. The van der Waals surface area contributed by atoms with E-state index in [1.54, 1.807) is 36.4 Å². The number of nitrogens with one attached hydrogen (secondary N) is 1. The summed E-state index contributed by atoms with van der Waals surface area (Å²) in [6.07, 6.45) is 2.86. The number of rotatable bonds is 9. The van der Waals surface area contributed by atoms with Crippen LogP contribution in [0.4, 0.5) is 0 Å². The summed E-state index contributed by atoms with van der Waals surface area (Å²) in [6.45, 7) is 1.66. The second-order valence-electron chi connectivity index (χ2n) is 9.19. The highest BCUT2D eigenvalue weighted by atomic mass is 32.2. The van der Waals surface area contributed by atoms with E-state index in [-0.39, 0.29) is 34.5 Å². The van der Waals surface area contributed by atoms with Crippen LogP contribution in [0.5, 0.6) is 11.5 Å². The number of methoxy groups -OCH3 is 2. The Balaban J connectivity index is 1.39. The van der Waals surface area contributed by atoms with Crippen LogP contribution >= 0.6 is 0 Å². The van der Waals surface area contributed by atoms with Crippen molar-refractivity contribution in [3.05, 3.63) is 48.0 Å². The van der Waals surface area contributed by atoms with Crippen molar-refractivity contribution in [1.82, 2.24) is 13.9 Å². The molecule has 2 fully saturated rings. The molecule has 2 aliphatic rings. The van der Waals surface area contributed by atoms with Crippen molar-refractivity contribution >= 4 is 26.0 Å². The van der Waals surface area contributed by atoms with Gasteiger partial charge in [-0.2, -0.15) is 8.61 Å². The number of piperidine rings is 1. The third kappa shape index (κ3) is 5.92. The van der Waals surface area contributed by atoms with Crippen LogP contribution in [-0.4, -0.2) is 71.8 Å². The largest absolute Gasteiger partial charge is 0.497 e. The molecular formula is C25H33N3O7S2. The number of carbonyl (C=O) groups is 1. The molecule has 1 amide bonds. The van der Waals surface area contributed by atoms with Crippen LogP contribution in [0.1, 0.15) is 31.2 Å². The first-order valence-corrected chi connectivity index (χ1v) is 15.1. The predicted octanol–water partition coefficient (Wildman–Crippen LogP) is 2.21. The number of amides is 1. The molecule has 12 heteroatoms. The van der Waals surface area contributed by atoms with Gasteiger partial charge in [-0.25, -0.2) is 16.8 Å². The van der Waals surface area contributed by atoms with Gasteiger partial charge in [-0.05, 0) is 55.5 Å². The summed E-state index contributed by atoms with van der Waals surface area (Å²) < 4.78 is 65.4. The summed E-state index contributed by atoms with van der Waals surface area (Å²) >= 11 is 0. The molecule has 0 radical (unpaired) electrons. The van der Waals surface area contributed by atoms with E-state index in [1.165, 1.54) is 28.9 Å². The topological polar surface area (TPSA) is 122 Å². The van der Waals surface area contributed by atoms with Crippen LogP contribution in [0.25, 0.3) is 0 Å². The normalized spacial score (nSPS) is 19.5. The van der Waals surface area contributed by atoms with Gasteiger partial charge in [-0.1, -0.05) is 12.1 Å². The minimum atomic E-state index is -3.91. The van der Waals surface area contributed by atoms with Crippen molar-refractivity contribution in [3.8, 4) is 11.5 Å². The number of hydrogen-bond acceptors (Lipinski definition) is 7. The number of hydrogen-bond donors (Lipinski definition) is 1. The van der Waals surface area contributed by atoms with Crippen LogP contribution in [0.15, 0.2) is 52.3 Å². The number of nitrogens with zero attached hydrogens (tertiary/aromatic N) is 2. The number of sulfonamides is 2. The summed E-state index contributed by atoms with van der Waals surface area (Å²) in [7, 11) is -4.54. The lowest BCUT2D eigenvalue weighted by Crippen LogP contribution is -2.45. The highest BCUT2D eigenvalue weighted by Gasteiger charge is 2.35. The summed E-state index contributed by atoms with van der Waals surface area (Å²) in [6, 6.07) is 11.1. The average molecular weight is 552 g/mol. The van der Waals surface area contributed by atoms with Gasteiger partial charge in [0, 0.05) is 38.8 Å². The smallest absolute Gasteiger partial charge is 0.246 e. The minimum Gasteiger partial charge on any atom is -0.497 e. The Hall–Kier alpha value is -2.67. The van der Waals surface area contributed by atoms with E-state index >= 15 is 0 Å². The Morgan fingerprint density at radius 3 is 2.22 bits per heavy atom. The lowest BCUT2D eigenvalue weighted by molar-refractivity contribution is -0.126. The molecule has 0 bridgehead atoms. The molecule has 10 nitrogen and oxygen atoms in total. The zero-order chi connectivity index (χ0) is 26.6. The SMILES string of the molecule is COc1ccc(OC)c(S(=O)(=O)N2CCC[C@H](C(=O)NCc3ccc(S(=O)(=O)N4CCCC4)cc3)C2)c1. The lowest BCUT2D eigenvalue weighted by atomic mass is 9.99. The zero-order valence-corrected chi connectivity index (χ0v) is 22.7. The van der Waals surface area contributed by atoms with Gasteiger partial charge in [-0.15, -0.1) is 0 Å². The fourth-order valence-electron chi connectivity index (χ4n) is 4.69. The third-order valence-corrected chi connectivity index (χ3v) is 10.6. The van der Waals surface area contributed by atoms with Gasteiger partial charge in [0.1, 0.15) is 16.4 Å².